The van der Waals surface area contributed by atoms with Crippen molar-refractivity contribution < 1.29 is 0 Å². The first kappa shape index (κ1) is 26.2. The number of benzene rings is 1. The highest BCUT2D eigenvalue weighted by atomic mass is 32.1. The Hall–Kier alpha value is -1.81. The van der Waals surface area contributed by atoms with Crippen molar-refractivity contribution in [1.82, 2.24) is 5.43 Å². The van der Waals surface area contributed by atoms with Gasteiger partial charge in [0.25, 0.3) is 0 Å². The smallest absolute Gasteiger partial charge is 0.0544 e. The predicted molar refractivity (Wildman–Crippen MR) is 132 cm³/mol. The Bertz CT molecular complexity index is 576. The molecule has 4 heteroatoms. The Kier molecular flexibility index (Phi) is 14.2. The third-order valence-electron chi connectivity index (χ3n) is 4.08. The minimum absolute atomic E-state index is 0.676. The normalized spacial score (nSPS) is 11.0. The second-order valence-electron chi connectivity index (χ2n) is 7.44. The van der Waals surface area contributed by atoms with E-state index in [9.17, 15) is 0 Å². The maximum absolute atomic E-state index is 4.18. The number of thiol groups is 1. The molecule has 0 atom stereocenters. The highest BCUT2D eigenvalue weighted by Gasteiger charge is 2.09. The topological polar surface area (TPSA) is 27.3 Å². The average Bonchev–Trinajstić information content (AvgIpc) is 2.66. The zero-order valence-corrected chi connectivity index (χ0v) is 19.7. The lowest BCUT2D eigenvalue weighted by Gasteiger charge is -2.27. The molecule has 0 heterocycles. The highest BCUT2D eigenvalue weighted by Crippen LogP contribution is 2.20. The SMILES string of the molecule is C=C/C(=C\C(=C)S)NNc1ccc(N(CCC(C)C)CCC(C)C)cc1.CC. The summed E-state index contributed by atoms with van der Waals surface area (Å²) in [6.07, 6.45) is 5.96. The van der Waals surface area contributed by atoms with E-state index >= 15 is 0 Å². The number of allylic oxidation sites excluding steroid dienone is 2. The third-order valence-corrected chi connectivity index (χ3v) is 4.21. The largest absolute Gasteiger partial charge is 0.372 e. The Morgan fingerprint density at radius 2 is 1.54 bits per heavy atom. The van der Waals surface area contributed by atoms with Gasteiger partial charge >= 0.3 is 0 Å². The molecule has 0 aliphatic carbocycles. The average molecular weight is 404 g/mol. The van der Waals surface area contributed by atoms with Crippen LogP contribution in [0.2, 0.25) is 0 Å². The summed E-state index contributed by atoms with van der Waals surface area (Å²) in [6, 6.07) is 8.55. The van der Waals surface area contributed by atoms with E-state index in [1.807, 2.05) is 19.9 Å². The Labute approximate surface area is 179 Å². The molecule has 0 unspecified atom stereocenters. The summed E-state index contributed by atoms with van der Waals surface area (Å²) >= 11 is 4.18. The number of nitrogens with zero attached hydrogens (tertiary/aromatic N) is 1. The predicted octanol–water partition coefficient (Wildman–Crippen LogP) is 7.04. The lowest BCUT2D eigenvalue weighted by Crippen LogP contribution is -2.27. The van der Waals surface area contributed by atoms with Gasteiger partial charge in [-0.15, -0.1) is 12.6 Å². The maximum Gasteiger partial charge on any atom is 0.0544 e. The van der Waals surface area contributed by atoms with Crippen LogP contribution in [-0.2, 0) is 0 Å². The van der Waals surface area contributed by atoms with Crippen LogP contribution in [0.25, 0.3) is 0 Å². The number of anilines is 2. The van der Waals surface area contributed by atoms with Crippen molar-refractivity contribution in [1.29, 1.82) is 0 Å². The molecule has 1 aromatic rings. The standard InChI is InChI=1S/C22H35N3S.C2H6/c1-7-20(16-19(6)26)23-24-21-8-10-22(11-9-21)25(14-12-17(2)3)15-13-18(4)5;1-2/h7-11,16-18,23-24,26H,1,6,12-15H2,2-5H3;1-2H3/b20-16+;. The van der Waals surface area contributed by atoms with Gasteiger partial charge in [-0.1, -0.05) is 54.7 Å². The van der Waals surface area contributed by atoms with Gasteiger partial charge in [0.1, 0.15) is 0 Å². The van der Waals surface area contributed by atoms with Crippen LogP contribution in [-0.4, -0.2) is 13.1 Å². The van der Waals surface area contributed by atoms with Gasteiger partial charge in [-0.05, 0) is 66.0 Å². The molecule has 0 aliphatic heterocycles. The minimum atomic E-state index is 0.676. The van der Waals surface area contributed by atoms with Crippen molar-refractivity contribution in [2.75, 3.05) is 23.4 Å². The minimum Gasteiger partial charge on any atom is -0.372 e. The molecular weight excluding hydrogens is 362 g/mol. The van der Waals surface area contributed by atoms with Crippen molar-refractivity contribution in [2.45, 2.75) is 54.4 Å². The number of hydrogen-bond donors (Lipinski definition) is 3. The molecular formula is C24H41N3S. The maximum atomic E-state index is 4.18. The van der Waals surface area contributed by atoms with Crippen molar-refractivity contribution in [3.8, 4) is 0 Å². The van der Waals surface area contributed by atoms with Crippen LogP contribution >= 0.6 is 12.6 Å². The quantitative estimate of drug-likeness (QED) is 0.198. The first-order chi connectivity index (χ1) is 13.3. The zero-order chi connectivity index (χ0) is 21.5. The van der Waals surface area contributed by atoms with Gasteiger partial charge in [0.05, 0.1) is 11.4 Å². The molecule has 0 spiro atoms. The summed E-state index contributed by atoms with van der Waals surface area (Å²) in [5.74, 6) is 1.43. The molecule has 0 bridgehead atoms. The molecule has 0 fully saturated rings. The van der Waals surface area contributed by atoms with Crippen LogP contribution in [0.15, 0.2) is 60.2 Å². The molecule has 0 saturated heterocycles. The first-order valence-electron chi connectivity index (χ1n) is 10.4. The van der Waals surface area contributed by atoms with Crippen LogP contribution < -0.4 is 15.8 Å². The molecule has 1 aromatic carbocycles. The Morgan fingerprint density at radius 1 is 1.04 bits per heavy atom. The number of nitrogens with one attached hydrogen (secondary N) is 2. The van der Waals surface area contributed by atoms with E-state index in [1.165, 1.54) is 18.5 Å². The second kappa shape index (κ2) is 15.2. The molecule has 3 nitrogen and oxygen atoms in total. The summed E-state index contributed by atoms with van der Waals surface area (Å²) in [5.41, 5.74) is 9.40. The van der Waals surface area contributed by atoms with Crippen LogP contribution in [0.3, 0.4) is 0 Å². The molecule has 0 aromatic heterocycles. The molecule has 2 N–H and O–H groups in total. The fourth-order valence-electron chi connectivity index (χ4n) is 2.42. The van der Waals surface area contributed by atoms with Crippen LogP contribution in [0.4, 0.5) is 11.4 Å². The van der Waals surface area contributed by atoms with Crippen LogP contribution in [0, 0.1) is 11.8 Å². The fraction of sp³-hybridized carbons (Fsp3) is 0.500. The molecule has 28 heavy (non-hydrogen) atoms. The molecule has 0 saturated carbocycles. The number of rotatable bonds is 12. The van der Waals surface area contributed by atoms with Crippen LogP contribution in [0.1, 0.15) is 54.4 Å². The lowest BCUT2D eigenvalue weighted by molar-refractivity contribution is 0.535. The highest BCUT2D eigenvalue weighted by molar-refractivity contribution is 7.84. The first-order valence-corrected chi connectivity index (χ1v) is 10.9. The second-order valence-corrected chi connectivity index (χ2v) is 8.02. The molecule has 0 radical (unpaired) electrons. The Morgan fingerprint density at radius 3 is 1.93 bits per heavy atom. The van der Waals surface area contributed by atoms with Gasteiger partial charge < -0.3 is 15.8 Å². The number of hydrazine groups is 1. The monoisotopic (exact) mass is 403 g/mol. The van der Waals surface area contributed by atoms with E-state index in [-0.39, 0.29) is 0 Å². The summed E-state index contributed by atoms with van der Waals surface area (Å²) < 4.78 is 0. The van der Waals surface area contributed by atoms with Gasteiger partial charge in [-0.25, -0.2) is 0 Å². The summed E-state index contributed by atoms with van der Waals surface area (Å²) in [5, 5.41) is 0. The van der Waals surface area contributed by atoms with Crippen LogP contribution in [0.5, 0.6) is 0 Å². The van der Waals surface area contributed by atoms with Gasteiger partial charge in [0, 0.05) is 18.8 Å². The van der Waals surface area contributed by atoms with Crippen molar-refractivity contribution in [2.24, 2.45) is 11.8 Å². The molecule has 0 amide bonds. The summed E-state index contributed by atoms with van der Waals surface area (Å²) in [7, 11) is 0. The number of hydrogen-bond acceptors (Lipinski definition) is 4. The van der Waals surface area contributed by atoms with Gasteiger partial charge in [-0.2, -0.15) is 0 Å². The molecule has 158 valence electrons. The van der Waals surface area contributed by atoms with Crippen molar-refractivity contribution >= 4 is 24.0 Å². The Balaban J connectivity index is 0.00000352. The third kappa shape index (κ3) is 11.8. The molecule has 0 aliphatic rings. The van der Waals surface area contributed by atoms with Gasteiger partial charge in [-0.3, -0.25) is 0 Å². The van der Waals surface area contributed by atoms with E-state index in [2.05, 4.69) is 93.5 Å². The zero-order valence-electron chi connectivity index (χ0n) is 18.8. The summed E-state index contributed by atoms with van der Waals surface area (Å²) in [4.78, 5) is 3.17. The lowest BCUT2D eigenvalue weighted by atomic mass is 10.1. The fourth-order valence-corrected chi connectivity index (χ4v) is 2.56. The van der Waals surface area contributed by atoms with Gasteiger partial charge in [0.2, 0.25) is 0 Å². The van der Waals surface area contributed by atoms with E-state index in [1.54, 1.807) is 6.08 Å². The van der Waals surface area contributed by atoms with Crippen molar-refractivity contribution in [3.63, 3.8) is 0 Å². The van der Waals surface area contributed by atoms with E-state index in [0.717, 1.165) is 24.5 Å². The van der Waals surface area contributed by atoms with Gasteiger partial charge in [0.15, 0.2) is 0 Å². The molecule has 1 rings (SSSR count). The summed E-state index contributed by atoms with van der Waals surface area (Å²) in [6.45, 7) is 22.9. The van der Waals surface area contributed by atoms with Crippen molar-refractivity contribution in [3.05, 3.63) is 60.2 Å². The van der Waals surface area contributed by atoms with E-state index < -0.39 is 0 Å². The van der Waals surface area contributed by atoms with E-state index in [0.29, 0.717) is 16.7 Å². The van der Waals surface area contributed by atoms with E-state index in [4.69, 9.17) is 0 Å².